The van der Waals surface area contributed by atoms with Crippen LogP contribution >= 0.6 is 0 Å². The molecule has 0 amide bonds. The van der Waals surface area contributed by atoms with Crippen LogP contribution in [-0.2, 0) is 4.79 Å². The lowest BCUT2D eigenvalue weighted by Gasteiger charge is -2.36. The monoisotopic (exact) mass is 601 g/mol. The number of nitrogens with two attached hydrogens (primary N) is 1. The maximum absolute atomic E-state index is 13.5. The van der Waals surface area contributed by atoms with Gasteiger partial charge in [-0.25, -0.2) is 4.79 Å². The minimum Gasteiger partial charge on any atom is -0.507 e. The van der Waals surface area contributed by atoms with Gasteiger partial charge in [0, 0.05) is 52.9 Å². The van der Waals surface area contributed by atoms with Crippen LogP contribution in [0.4, 0.5) is 0 Å². The van der Waals surface area contributed by atoms with Gasteiger partial charge in [0.15, 0.2) is 11.6 Å². The number of aliphatic hydroxyl groups excluding tert-OH is 4. The number of carbonyl (C=O) groups is 4. The van der Waals surface area contributed by atoms with Gasteiger partial charge in [0.2, 0.25) is 5.78 Å². The molecule has 0 bridgehead atoms. The second-order valence-electron chi connectivity index (χ2n) is 11.8. The van der Waals surface area contributed by atoms with E-state index in [4.69, 9.17) is 10.8 Å². The molecule has 0 aromatic heterocycles. The van der Waals surface area contributed by atoms with Gasteiger partial charge in [-0.2, -0.15) is 0 Å². The van der Waals surface area contributed by atoms with Gasteiger partial charge in [0.1, 0.15) is 5.75 Å². The fraction of sp³-hybridized carbons (Fsp3) is 0.500. The van der Waals surface area contributed by atoms with Gasteiger partial charge in [-0.1, -0.05) is 46.8 Å². The number of allylic oxidation sites excluding steroid dienone is 3. The normalized spacial score (nSPS) is 20.3. The summed E-state index contributed by atoms with van der Waals surface area (Å²) in [6.45, 7) is 10.8. The van der Waals surface area contributed by atoms with E-state index in [1.807, 2.05) is 0 Å². The molecule has 43 heavy (non-hydrogen) atoms. The molecular formula is C32H43NO10. The summed E-state index contributed by atoms with van der Waals surface area (Å²) >= 11 is 0. The Kier molecular flexibility index (Phi) is 11.8. The van der Waals surface area contributed by atoms with Gasteiger partial charge in [0.05, 0.1) is 35.7 Å². The van der Waals surface area contributed by atoms with Crippen LogP contribution in [0.25, 0.3) is 0 Å². The maximum Gasteiger partial charge on any atom is 0.327 e. The second kappa shape index (κ2) is 14.2. The summed E-state index contributed by atoms with van der Waals surface area (Å²) < 4.78 is 0. The highest BCUT2D eigenvalue weighted by atomic mass is 16.4. The Hall–Kier alpha value is -3.64. The van der Waals surface area contributed by atoms with Crippen molar-refractivity contribution in [3.63, 3.8) is 0 Å². The Bertz CT molecular complexity index is 1360. The summed E-state index contributed by atoms with van der Waals surface area (Å²) in [5.74, 6) is -7.31. The summed E-state index contributed by atoms with van der Waals surface area (Å²) in [5, 5.41) is 63.1. The molecular weight excluding hydrogens is 558 g/mol. The number of aromatic hydroxyl groups is 1. The highest BCUT2D eigenvalue weighted by Crippen LogP contribution is 2.35. The van der Waals surface area contributed by atoms with Crippen LogP contribution in [0.15, 0.2) is 41.6 Å². The molecule has 0 fully saturated rings. The third kappa shape index (κ3) is 7.66. The number of carbonyl (C=O) groups excluding carboxylic acids is 3. The summed E-state index contributed by atoms with van der Waals surface area (Å²) in [7, 11) is 0. The molecule has 0 unspecified atom stereocenters. The predicted octanol–water partition coefficient (Wildman–Crippen LogP) is 2.32. The Morgan fingerprint density at radius 3 is 1.86 bits per heavy atom. The molecule has 1 aromatic rings. The lowest BCUT2D eigenvalue weighted by molar-refractivity contribution is -0.131. The number of phenolic OH excluding ortho intramolecular Hbond substituents is 1. The molecule has 2 rings (SSSR count). The number of benzene rings is 1. The lowest BCUT2D eigenvalue weighted by Crippen LogP contribution is -2.45. The Morgan fingerprint density at radius 2 is 1.35 bits per heavy atom. The number of carboxylic acid groups (broad SMARTS) is 1. The Balaban J connectivity index is 2.25. The molecule has 11 nitrogen and oxygen atoms in total. The van der Waals surface area contributed by atoms with Crippen LogP contribution < -0.4 is 5.73 Å². The number of aryl methyl sites for hydroxylation is 1. The van der Waals surface area contributed by atoms with Crippen molar-refractivity contribution in [3.8, 4) is 5.75 Å². The van der Waals surface area contributed by atoms with E-state index in [1.54, 1.807) is 34.6 Å². The van der Waals surface area contributed by atoms with Crippen LogP contribution in [0.1, 0.15) is 78.2 Å². The van der Waals surface area contributed by atoms with Crippen LogP contribution in [-0.4, -0.2) is 78.4 Å². The zero-order valence-electron chi connectivity index (χ0n) is 25.5. The van der Waals surface area contributed by atoms with Crippen molar-refractivity contribution in [1.29, 1.82) is 0 Å². The third-order valence-electron chi connectivity index (χ3n) is 8.48. The number of aliphatic hydroxyl groups is 4. The molecule has 8 N–H and O–H groups in total. The molecule has 1 aromatic carbocycles. The van der Waals surface area contributed by atoms with E-state index in [2.05, 4.69) is 0 Å². The van der Waals surface area contributed by atoms with E-state index in [1.165, 1.54) is 32.1 Å². The topological polar surface area (TPSA) is 216 Å². The molecule has 0 saturated heterocycles. The number of carboxylic acids is 1. The molecule has 1 aliphatic rings. The number of aliphatic carboxylic acids is 1. The average Bonchev–Trinajstić information content (AvgIpc) is 2.96. The summed E-state index contributed by atoms with van der Waals surface area (Å²) in [4.78, 5) is 49.6. The first kappa shape index (κ1) is 35.6. The molecule has 1 aliphatic carbocycles. The van der Waals surface area contributed by atoms with Gasteiger partial charge in [-0.15, -0.1) is 0 Å². The van der Waals surface area contributed by atoms with E-state index >= 15 is 0 Å². The summed E-state index contributed by atoms with van der Waals surface area (Å²) in [6.07, 6.45) is -0.164. The average molecular weight is 602 g/mol. The smallest absolute Gasteiger partial charge is 0.327 e. The van der Waals surface area contributed by atoms with Crippen LogP contribution in [0.2, 0.25) is 0 Å². The number of fused-ring (bicyclic) bond motifs is 1. The molecule has 0 heterocycles. The number of Topliss-reactive ketones (excluding diaryl/α,β-unsaturated/α-hetero) is 2. The third-order valence-corrected chi connectivity index (χ3v) is 8.48. The van der Waals surface area contributed by atoms with Crippen molar-refractivity contribution in [1.82, 2.24) is 0 Å². The van der Waals surface area contributed by atoms with Crippen molar-refractivity contribution < 1.29 is 49.8 Å². The van der Waals surface area contributed by atoms with E-state index < -0.39 is 83.1 Å². The van der Waals surface area contributed by atoms with Crippen molar-refractivity contribution in [2.45, 2.75) is 72.9 Å². The number of hydrogen-bond donors (Lipinski definition) is 7. The van der Waals surface area contributed by atoms with E-state index in [0.717, 1.165) is 12.2 Å². The summed E-state index contributed by atoms with van der Waals surface area (Å²) in [5.41, 5.74) is 4.99. The second-order valence-corrected chi connectivity index (χ2v) is 11.8. The SMILES string of the molecule is C/C(=C\[C@H](C)[C@@H](O)[C@@H](C)[C@@H](O)[C@@H](C)[C@@H](O)[C@@H](C)[C@@H](O)[C@H](C)/C=C/C(=O)O)C(=O)c1c(O)c(C)cc2c1C(=O)C=C(N)C2=O. The van der Waals surface area contributed by atoms with Crippen LogP contribution in [0.3, 0.4) is 0 Å². The Morgan fingerprint density at radius 1 is 0.860 bits per heavy atom. The van der Waals surface area contributed by atoms with E-state index in [-0.39, 0.29) is 33.5 Å². The first-order valence-electron chi connectivity index (χ1n) is 14.1. The van der Waals surface area contributed by atoms with E-state index in [0.29, 0.717) is 0 Å². The first-order chi connectivity index (χ1) is 19.8. The maximum atomic E-state index is 13.5. The Labute approximate surface area is 251 Å². The minimum atomic E-state index is -1.23. The van der Waals surface area contributed by atoms with Crippen LogP contribution in [0, 0.1) is 36.5 Å². The van der Waals surface area contributed by atoms with Gasteiger partial charge in [0.25, 0.3) is 0 Å². The highest BCUT2D eigenvalue weighted by molar-refractivity contribution is 6.29. The van der Waals surface area contributed by atoms with Gasteiger partial charge in [-0.05, 0) is 31.1 Å². The van der Waals surface area contributed by atoms with Gasteiger partial charge < -0.3 is 36.4 Å². The standard InChI is InChI=1S/C32H43NO10/c1-13(8-9-23(35)36)26(37)17(5)30(41)19(7)31(42)18(6)27(38)14(2)10-15(3)28(39)25-24-20(11-16(4)29(25)40)32(43)21(33)12-22(24)34/h8-14,17-19,26-27,30-31,37-38,40-42H,33H2,1-7H3,(H,35,36)/b9-8+,15-10+/t13-,14+,17+,18-,19+,26+,27-,30+,31-/m1/s1. The van der Waals surface area contributed by atoms with Gasteiger partial charge in [-0.3, -0.25) is 14.4 Å². The fourth-order valence-corrected chi connectivity index (χ4v) is 5.53. The zero-order chi connectivity index (χ0) is 33.1. The minimum absolute atomic E-state index is 0.0762. The fourth-order valence-electron chi connectivity index (χ4n) is 5.53. The van der Waals surface area contributed by atoms with Crippen molar-refractivity contribution in [2.24, 2.45) is 35.3 Å². The quantitative estimate of drug-likeness (QED) is 0.129. The predicted molar refractivity (Wildman–Crippen MR) is 158 cm³/mol. The molecule has 236 valence electrons. The number of hydrogen-bond acceptors (Lipinski definition) is 10. The molecule has 0 radical (unpaired) electrons. The van der Waals surface area contributed by atoms with E-state index in [9.17, 15) is 44.7 Å². The largest absolute Gasteiger partial charge is 0.507 e. The van der Waals surface area contributed by atoms with Crippen molar-refractivity contribution in [2.75, 3.05) is 0 Å². The molecule has 0 spiro atoms. The summed E-state index contributed by atoms with van der Waals surface area (Å²) in [6, 6.07) is 1.30. The number of rotatable bonds is 13. The molecule has 0 aliphatic heterocycles. The van der Waals surface area contributed by atoms with Crippen molar-refractivity contribution >= 4 is 23.3 Å². The van der Waals surface area contributed by atoms with Crippen molar-refractivity contribution in [3.05, 3.63) is 63.9 Å². The van der Waals surface area contributed by atoms with Crippen LogP contribution in [0.5, 0.6) is 5.75 Å². The number of phenols is 1. The first-order valence-corrected chi connectivity index (χ1v) is 14.1. The molecule has 0 saturated carbocycles. The highest BCUT2D eigenvalue weighted by Gasteiger charge is 2.38. The zero-order valence-corrected chi connectivity index (χ0v) is 25.5. The lowest BCUT2D eigenvalue weighted by atomic mass is 9.77. The number of ketones is 3. The van der Waals surface area contributed by atoms with Gasteiger partial charge >= 0.3 is 5.97 Å². The molecule has 9 atom stereocenters. The molecule has 11 heteroatoms.